The highest BCUT2D eigenvalue weighted by Gasteiger charge is 2.31. The normalized spacial score (nSPS) is 11.1. The summed E-state index contributed by atoms with van der Waals surface area (Å²) in [5, 5.41) is 4.67. The number of ether oxygens (including phenoxy) is 6. The second kappa shape index (κ2) is 16.4. The van der Waals surface area contributed by atoms with Crippen LogP contribution in [0.2, 0.25) is 5.02 Å². The van der Waals surface area contributed by atoms with Crippen LogP contribution in [-0.2, 0) is 21.4 Å². The molecular weight excluding hydrogens is 730 g/mol. The highest BCUT2D eigenvalue weighted by molar-refractivity contribution is 9.10. The first-order valence-electron chi connectivity index (χ1n) is 14.1. The maximum absolute atomic E-state index is 14.1. The van der Waals surface area contributed by atoms with Crippen LogP contribution in [0, 0.1) is 0 Å². The molecule has 0 bridgehead atoms. The zero-order valence-corrected chi connectivity index (χ0v) is 29.8. The van der Waals surface area contributed by atoms with Crippen molar-refractivity contribution in [3.05, 3.63) is 93.4 Å². The van der Waals surface area contributed by atoms with Gasteiger partial charge >= 0.3 is 0 Å². The largest absolute Gasteiger partial charge is 0.497 e. The van der Waals surface area contributed by atoms with Crippen molar-refractivity contribution in [3.63, 3.8) is 0 Å². The van der Waals surface area contributed by atoms with E-state index in [1.165, 1.54) is 72.1 Å². The summed E-state index contributed by atoms with van der Waals surface area (Å²) in [5.74, 6) is 1.20. The highest BCUT2D eigenvalue weighted by Crippen LogP contribution is 2.38. The molecule has 0 aromatic heterocycles. The van der Waals surface area contributed by atoms with Crippen molar-refractivity contribution >= 4 is 55.4 Å². The number of hydrazone groups is 1. The summed E-state index contributed by atoms with van der Waals surface area (Å²) in [4.78, 5) is 13.1. The predicted molar refractivity (Wildman–Crippen MR) is 186 cm³/mol. The van der Waals surface area contributed by atoms with Crippen molar-refractivity contribution in [2.75, 3.05) is 46.4 Å². The molecule has 0 aliphatic heterocycles. The molecule has 15 heteroatoms. The van der Waals surface area contributed by atoms with Gasteiger partial charge in [0.05, 0.1) is 56.8 Å². The van der Waals surface area contributed by atoms with E-state index in [1.807, 2.05) is 12.1 Å². The van der Waals surface area contributed by atoms with Gasteiger partial charge in [-0.3, -0.25) is 9.10 Å². The number of halogens is 2. The Labute approximate surface area is 292 Å². The molecule has 4 aromatic carbocycles. The van der Waals surface area contributed by atoms with Crippen LogP contribution < -0.4 is 38.2 Å². The van der Waals surface area contributed by atoms with E-state index in [-0.39, 0.29) is 28.7 Å². The average molecular weight is 763 g/mol. The number of carbonyl (C=O) groups is 1. The number of hydrogen-bond donors (Lipinski definition) is 1. The summed E-state index contributed by atoms with van der Waals surface area (Å²) >= 11 is 9.47. The van der Waals surface area contributed by atoms with E-state index in [0.29, 0.717) is 38.1 Å². The Kier molecular flexibility index (Phi) is 12.4. The molecule has 0 unspecified atom stereocenters. The zero-order valence-electron chi connectivity index (χ0n) is 26.7. The molecule has 0 aliphatic rings. The molecule has 254 valence electrons. The van der Waals surface area contributed by atoms with Gasteiger partial charge < -0.3 is 28.4 Å². The van der Waals surface area contributed by atoms with E-state index in [9.17, 15) is 13.2 Å². The third-order valence-electron chi connectivity index (χ3n) is 6.84. The van der Waals surface area contributed by atoms with Gasteiger partial charge in [0, 0.05) is 17.2 Å². The van der Waals surface area contributed by atoms with Crippen LogP contribution in [0.25, 0.3) is 0 Å². The van der Waals surface area contributed by atoms with Crippen LogP contribution in [0.4, 0.5) is 5.69 Å². The summed E-state index contributed by atoms with van der Waals surface area (Å²) < 4.78 is 62.5. The Morgan fingerprint density at radius 1 is 0.833 bits per heavy atom. The standard InChI is InChI=1S/C33H33BrClN3O9S/c1-42-24-10-12-28(43-2)27(16-24)38(48(40,41)25-11-13-29(44-3)30(17-25)45-4)19-32(39)37-36-18-22-14-26(34)33(31(15-22)46-5)47-20-21-6-8-23(35)9-7-21/h6-18H,19-20H2,1-5H3,(H,37,39)/b36-18-. The van der Waals surface area contributed by atoms with Crippen molar-refractivity contribution in [2.45, 2.75) is 11.5 Å². The Bertz CT molecular complexity index is 1890. The number of amides is 1. The van der Waals surface area contributed by atoms with Gasteiger partial charge in [-0.2, -0.15) is 5.10 Å². The van der Waals surface area contributed by atoms with Crippen molar-refractivity contribution in [1.82, 2.24) is 5.43 Å². The fourth-order valence-electron chi connectivity index (χ4n) is 4.43. The van der Waals surface area contributed by atoms with Gasteiger partial charge in [0.15, 0.2) is 23.0 Å². The number of benzene rings is 4. The van der Waals surface area contributed by atoms with E-state index in [2.05, 4.69) is 26.5 Å². The third kappa shape index (κ3) is 8.62. The van der Waals surface area contributed by atoms with Gasteiger partial charge in [0.1, 0.15) is 24.7 Å². The van der Waals surface area contributed by atoms with Crippen molar-refractivity contribution < 1.29 is 41.6 Å². The minimum Gasteiger partial charge on any atom is -0.497 e. The number of carbonyl (C=O) groups excluding carboxylic acids is 1. The highest BCUT2D eigenvalue weighted by atomic mass is 79.9. The molecule has 0 saturated carbocycles. The lowest BCUT2D eigenvalue weighted by Crippen LogP contribution is -2.39. The van der Waals surface area contributed by atoms with Crippen LogP contribution >= 0.6 is 27.5 Å². The first-order chi connectivity index (χ1) is 23.0. The zero-order chi connectivity index (χ0) is 34.8. The molecule has 1 N–H and O–H groups in total. The number of anilines is 1. The van der Waals surface area contributed by atoms with E-state index in [4.69, 9.17) is 40.0 Å². The number of nitrogens with zero attached hydrogens (tertiary/aromatic N) is 2. The fraction of sp³-hybridized carbons (Fsp3) is 0.212. The van der Waals surface area contributed by atoms with Gasteiger partial charge in [0.25, 0.3) is 15.9 Å². The average Bonchev–Trinajstić information content (AvgIpc) is 3.09. The SMILES string of the molecule is COc1ccc(OC)c(N(CC(=O)N/N=C\c2cc(Br)c(OCc3ccc(Cl)cc3)c(OC)c2)S(=O)(=O)c2ccc(OC)c(OC)c2)c1. The molecule has 0 radical (unpaired) electrons. The van der Waals surface area contributed by atoms with Crippen LogP contribution in [0.3, 0.4) is 0 Å². The number of sulfonamides is 1. The molecule has 0 spiro atoms. The molecule has 4 aromatic rings. The lowest BCUT2D eigenvalue weighted by atomic mass is 10.2. The number of hydrogen-bond acceptors (Lipinski definition) is 10. The summed E-state index contributed by atoms with van der Waals surface area (Å²) in [5.41, 5.74) is 3.93. The smallest absolute Gasteiger partial charge is 0.265 e. The van der Waals surface area contributed by atoms with E-state index >= 15 is 0 Å². The minimum absolute atomic E-state index is 0.0635. The Morgan fingerprint density at radius 3 is 2.15 bits per heavy atom. The van der Waals surface area contributed by atoms with Crippen LogP contribution in [0.1, 0.15) is 11.1 Å². The van der Waals surface area contributed by atoms with Crippen molar-refractivity contribution in [1.29, 1.82) is 0 Å². The molecule has 4 rings (SSSR count). The van der Waals surface area contributed by atoms with E-state index in [1.54, 1.807) is 30.3 Å². The molecule has 0 fully saturated rings. The van der Waals surface area contributed by atoms with Crippen LogP contribution in [0.5, 0.6) is 34.5 Å². The monoisotopic (exact) mass is 761 g/mol. The summed E-state index contributed by atoms with van der Waals surface area (Å²) in [7, 11) is 2.76. The first kappa shape index (κ1) is 36.2. The van der Waals surface area contributed by atoms with Crippen molar-refractivity contribution in [3.8, 4) is 34.5 Å². The molecule has 12 nitrogen and oxygen atoms in total. The molecule has 0 atom stereocenters. The van der Waals surface area contributed by atoms with Gasteiger partial charge in [-0.05, 0) is 75.6 Å². The number of rotatable bonds is 15. The van der Waals surface area contributed by atoms with Crippen molar-refractivity contribution in [2.24, 2.45) is 5.10 Å². The lowest BCUT2D eigenvalue weighted by Gasteiger charge is -2.26. The molecule has 48 heavy (non-hydrogen) atoms. The Hall–Kier alpha value is -4.66. The second-order valence-corrected chi connectivity index (χ2v) is 13.0. The van der Waals surface area contributed by atoms with E-state index < -0.39 is 22.5 Å². The first-order valence-corrected chi connectivity index (χ1v) is 16.7. The Morgan fingerprint density at radius 2 is 1.50 bits per heavy atom. The summed E-state index contributed by atoms with van der Waals surface area (Å²) in [6.07, 6.45) is 1.38. The third-order valence-corrected chi connectivity index (χ3v) is 9.43. The molecule has 0 aliphatic carbocycles. The number of methoxy groups -OCH3 is 5. The quantitative estimate of drug-likeness (QED) is 0.113. The Balaban J connectivity index is 1.58. The van der Waals surface area contributed by atoms with Crippen LogP contribution in [-0.4, -0.2) is 62.6 Å². The predicted octanol–water partition coefficient (Wildman–Crippen LogP) is 6.07. The molecular formula is C33H33BrClN3O9S. The molecule has 1 amide bonds. The van der Waals surface area contributed by atoms with E-state index in [0.717, 1.165) is 9.87 Å². The van der Waals surface area contributed by atoms with Gasteiger partial charge in [0.2, 0.25) is 0 Å². The second-order valence-electron chi connectivity index (χ2n) is 9.81. The fourth-order valence-corrected chi connectivity index (χ4v) is 6.57. The number of nitrogens with one attached hydrogen (secondary N) is 1. The minimum atomic E-state index is -4.38. The molecule has 0 saturated heterocycles. The van der Waals surface area contributed by atoms with Gasteiger partial charge in [-0.15, -0.1) is 0 Å². The summed E-state index contributed by atoms with van der Waals surface area (Å²) in [6, 6.07) is 19.4. The topological polar surface area (TPSA) is 134 Å². The molecule has 0 heterocycles. The van der Waals surface area contributed by atoms with Crippen LogP contribution in [0.15, 0.2) is 87.3 Å². The van der Waals surface area contributed by atoms with Gasteiger partial charge in [-0.25, -0.2) is 13.8 Å². The maximum Gasteiger partial charge on any atom is 0.265 e. The summed E-state index contributed by atoms with van der Waals surface area (Å²) in [6.45, 7) is -0.390. The lowest BCUT2D eigenvalue weighted by molar-refractivity contribution is -0.119. The van der Waals surface area contributed by atoms with Gasteiger partial charge in [-0.1, -0.05) is 23.7 Å². The maximum atomic E-state index is 14.1.